The minimum absolute atomic E-state index is 0.0591. The molecule has 0 bridgehead atoms. The first-order chi connectivity index (χ1) is 13.3. The van der Waals surface area contributed by atoms with Gasteiger partial charge in [0.2, 0.25) is 0 Å². The monoisotopic (exact) mass is 425 g/mol. The molecule has 0 aliphatic heterocycles. The number of alkyl halides is 6. The number of methoxy groups -OCH3 is 1. The molecule has 0 saturated heterocycles. The molecule has 0 unspecified atom stereocenters. The van der Waals surface area contributed by atoms with Crippen molar-refractivity contribution in [2.45, 2.75) is 44.1 Å². The Balaban J connectivity index is 2.38. The number of hydrogen-bond acceptors (Lipinski definition) is 4. The fourth-order valence-electron chi connectivity index (χ4n) is 3.15. The summed E-state index contributed by atoms with van der Waals surface area (Å²) in [4.78, 5) is 36.1. The Morgan fingerprint density at radius 1 is 1.07 bits per heavy atom. The Bertz CT molecular complexity index is 770. The van der Waals surface area contributed by atoms with Gasteiger partial charge in [0, 0.05) is 18.4 Å². The summed E-state index contributed by atoms with van der Waals surface area (Å²) in [6.07, 6.45) is -9.20. The number of amides is 1. The summed E-state index contributed by atoms with van der Waals surface area (Å²) in [5.74, 6) is -3.08. The highest BCUT2D eigenvalue weighted by atomic mass is 19.4. The summed E-state index contributed by atoms with van der Waals surface area (Å²) in [6, 6.07) is -0.940. The van der Waals surface area contributed by atoms with E-state index in [2.05, 4.69) is 10.1 Å². The van der Waals surface area contributed by atoms with Crippen LogP contribution in [0.1, 0.15) is 47.2 Å². The highest BCUT2D eigenvalue weighted by molar-refractivity contribution is 5.97. The quantitative estimate of drug-likeness (QED) is 0.589. The third kappa shape index (κ3) is 5.70. The maximum absolute atomic E-state index is 13.0. The van der Waals surface area contributed by atoms with E-state index in [1.807, 2.05) is 0 Å². The van der Waals surface area contributed by atoms with Gasteiger partial charge >= 0.3 is 18.3 Å². The average Bonchev–Trinajstić information content (AvgIpc) is 2.63. The van der Waals surface area contributed by atoms with Crippen LogP contribution >= 0.6 is 0 Å². The molecule has 1 fully saturated rings. The fraction of sp³-hybridized carbons (Fsp3) is 0.500. The second kappa shape index (κ2) is 8.42. The lowest BCUT2D eigenvalue weighted by atomic mass is 9.83. The maximum Gasteiger partial charge on any atom is 0.416 e. The molecule has 2 rings (SSSR count). The van der Waals surface area contributed by atoms with Gasteiger partial charge in [-0.05, 0) is 37.0 Å². The van der Waals surface area contributed by atoms with Crippen molar-refractivity contribution >= 4 is 17.7 Å². The Hall–Kier alpha value is -2.59. The molecule has 1 aliphatic carbocycles. The van der Waals surface area contributed by atoms with Gasteiger partial charge in [-0.1, -0.05) is 0 Å². The van der Waals surface area contributed by atoms with E-state index in [1.165, 1.54) is 0 Å². The lowest BCUT2D eigenvalue weighted by molar-refractivity contribution is -0.145. The third-order valence-corrected chi connectivity index (χ3v) is 4.58. The second-order valence-electron chi connectivity index (χ2n) is 6.66. The van der Waals surface area contributed by atoms with Crippen molar-refractivity contribution in [1.82, 2.24) is 5.32 Å². The van der Waals surface area contributed by atoms with Gasteiger partial charge in [-0.15, -0.1) is 0 Å². The van der Waals surface area contributed by atoms with Gasteiger partial charge in [0.15, 0.2) is 0 Å². The summed E-state index contributed by atoms with van der Waals surface area (Å²) in [6.45, 7) is 0. The number of ether oxygens (including phenoxy) is 1. The van der Waals surface area contributed by atoms with Crippen molar-refractivity contribution < 1.29 is 45.5 Å². The fourth-order valence-corrected chi connectivity index (χ4v) is 3.15. The molecule has 1 aliphatic rings. The topological polar surface area (TPSA) is 72.5 Å². The van der Waals surface area contributed by atoms with Crippen molar-refractivity contribution in [3.63, 3.8) is 0 Å². The van der Waals surface area contributed by atoms with Gasteiger partial charge in [-0.2, -0.15) is 26.3 Å². The average molecular weight is 425 g/mol. The SMILES string of the molecule is COC(=O)[C@H](NC(=O)c1cc(C(F)(F)F)cc(C(F)(F)F)c1)[C@@H]1CCCC(=O)C1. The standard InChI is InChI=1S/C18H17F6NO4/c1-29-16(28)14(9-3-2-4-13(26)7-9)25-15(27)10-5-11(17(19,20)21)8-12(6-10)18(22,23)24/h5-6,8-9,14H,2-4,7H2,1H3,(H,25,27)/t9-,14-/m1/s1. The number of nitrogens with one attached hydrogen (secondary N) is 1. The number of rotatable bonds is 4. The lowest BCUT2D eigenvalue weighted by Gasteiger charge is -2.28. The Kier molecular flexibility index (Phi) is 6.59. The summed E-state index contributed by atoms with van der Waals surface area (Å²) >= 11 is 0. The number of Topliss-reactive ketones (excluding diaryl/α,β-unsaturated/α-hetero) is 1. The number of carbonyl (C=O) groups is 3. The van der Waals surface area contributed by atoms with Crippen molar-refractivity contribution in [1.29, 1.82) is 0 Å². The van der Waals surface area contributed by atoms with Crippen molar-refractivity contribution in [2.75, 3.05) is 7.11 Å². The molecule has 29 heavy (non-hydrogen) atoms. The van der Waals surface area contributed by atoms with E-state index in [1.54, 1.807) is 0 Å². The van der Waals surface area contributed by atoms with Crippen LogP contribution in [0.3, 0.4) is 0 Å². The molecule has 5 nitrogen and oxygen atoms in total. The van der Waals surface area contributed by atoms with Gasteiger partial charge in [-0.3, -0.25) is 9.59 Å². The van der Waals surface area contributed by atoms with E-state index in [9.17, 15) is 40.7 Å². The molecular weight excluding hydrogens is 408 g/mol. The number of benzene rings is 1. The predicted molar refractivity (Wildman–Crippen MR) is 86.7 cm³/mol. The highest BCUT2D eigenvalue weighted by Crippen LogP contribution is 2.36. The molecule has 1 saturated carbocycles. The van der Waals surface area contributed by atoms with Crippen molar-refractivity contribution in [3.05, 3.63) is 34.9 Å². The number of hydrogen-bond donors (Lipinski definition) is 1. The first kappa shape index (κ1) is 22.7. The number of esters is 1. The summed E-state index contributed by atoms with van der Waals surface area (Å²) < 4.78 is 82.4. The van der Waals surface area contributed by atoms with E-state index < -0.39 is 52.9 Å². The van der Waals surface area contributed by atoms with Gasteiger partial charge in [-0.25, -0.2) is 4.79 Å². The lowest BCUT2D eigenvalue weighted by Crippen LogP contribution is -2.48. The first-order valence-electron chi connectivity index (χ1n) is 8.52. The molecule has 1 amide bonds. The zero-order valence-corrected chi connectivity index (χ0v) is 15.1. The van der Waals surface area contributed by atoms with E-state index in [0.717, 1.165) is 7.11 Å². The zero-order chi connectivity index (χ0) is 22.0. The van der Waals surface area contributed by atoms with Crippen LogP contribution in [0.5, 0.6) is 0 Å². The molecule has 1 aromatic rings. The van der Waals surface area contributed by atoms with Gasteiger partial charge in [0.25, 0.3) is 5.91 Å². The van der Waals surface area contributed by atoms with Crippen LogP contribution in [0.25, 0.3) is 0 Å². The molecule has 160 valence electrons. The molecule has 0 heterocycles. The molecule has 11 heteroatoms. The van der Waals surface area contributed by atoms with Crippen molar-refractivity contribution in [2.24, 2.45) is 5.92 Å². The Morgan fingerprint density at radius 3 is 2.07 bits per heavy atom. The van der Waals surface area contributed by atoms with Crippen LogP contribution in [-0.4, -0.2) is 30.8 Å². The largest absolute Gasteiger partial charge is 0.467 e. The van der Waals surface area contributed by atoms with E-state index in [-0.39, 0.29) is 30.4 Å². The Labute approximate surface area is 161 Å². The van der Waals surface area contributed by atoms with Crippen LogP contribution in [0, 0.1) is 5.92 Å². The van der Waals surface area contributed by atoms with Crippen LogP contribution in [0.15, 0.2) is 18.2 Å². The molecule has 1 N–H and O–H groups in total. The van der Waals surface area contributed by atoms with Gasteiger partial charge < -0.3 is 10.1 Å². The summed E-state index contributed by atoms with van der Waals surface area (Å²) in [5, 5.41) is 2.13. The van der Waals surface area contributed by atoms with Crippen LogP contribution in [0.4, 0.5) is 26.3 Å². The molecule has 0 radical (unpaired) electrons. The highest BCUT2D eigenvalue weighted by Gasteiger charge is 2.39. The van der Waals surface area contributed by atoms with Crippen LogP contribution < -0.4 is 5.32 Å². The number of halogens is 6. The normalized spacial score (nSPS) is 18.9. The van der Waals surface area contributed by atoms with Crippen LogP contribution in [0.2, 0.25) is 0 Å². The third-order valence-electron chi connectivity index (χ3n) is 4.58. The minimum Gasteiger partial charge on any atom is -0.467 e. The van der Waals surface area contributed by atoms with Crippen molar-refractivity contribution in [3.8, 4) is 0 Å². The van der Waals surface area contributed by atoms with Gasteiger partial charge in [0.05, 0.1) is 18.2 Å². The number of ketones is 1. The van der Waals surface area contributed by atoms with E-state index in [4.69, 9.17) is 0 Å². The molecule has 0 spiro atoms. The molecule has 2 atom stereocenters. The minimum atomic E-state index is -5.12. The first-order valence-corrected chi connectivity index (χ1v) is 8.52. The maximum atomic E-state index is 13.0. The van der Waals surface area contributed by atoms with Gasteiger partial charge in [0.1, 0.15) is 11.8 Å². The van der Waals surface area contributed by atoms with E-state index >= 15 is 0 Å². The smallest absolute Gasteiger partial charge is 0.416 e. The molecular formula is C18H17F6NO4. The molecule has 0 aromatic heterocycles. The zero-order valence-electron chi connectivity index (χ0n) is 15.1. The summed E-state index contributed by atoms with van der Waals surface area (Å²) in [5.41, 5.74) is -4.22. The Morgan fingerprint density at radius 2 is 1.62 bits per heavy atom. The summed E-state index contributed by atoms with van der Waals surface area (Å²) in [7, 11) is 1.01. The van der Waals surface area contributed by atoms with Crippen LogP contribution in [-0.2, 0) is 26.7 Å². The second-order valence-corrected chi connectivity index (χ2v) is 6.66. The predicted octanol–water partition coefficient (Wildman–Crippen LogP) is 3.75. The number of carbonyl (C=O) groups excluding carboxylic acids is 3. The molecule has 1 aromatic carbocycles. The van der Waals surface area contributed by atoms with E-state index in [0.29, 0.717) is 19.3 Å².